The predicted octanol–water partition coefficient (Wildman–Crippen LogP) is 2.54. The number of hydrogen-bond donors (Lipinski definition) is 1. The van der Waals surface area contributed by atoms with Crippen molar-refractivity contribution in [2.24, 2.45) is 11.7 Å². The first-order valence-electron chi connectivity index (χ1n) is 7.15. The topological polar surface area (TPSA) is 46.3 Å². The smallest absolute Gasteiger partial charge is 0.242 e. The van der Waals surface area contributed by atoms with E-state index >= 15 is 0 Å². The van der Waals surface area contributed by atoms with Crippen LogP contribution in [0.3, 0.4) is 0 Å². The Hall–Kier alpha value is -0.570. The molecule has 0 unspecified atom stereocenters. The first-order chi connectivity index (χ1) is 8.07. The van der Waals surface area contributed by atoms with Crippen LogP contribution in [0.5, 0.6) is 0 Å². The molecule has 0 aromatic carbocycles. The number of nitrogens with two attached hydrogens (primary N) is 1. The summed E-state index contributed by atoms with van der Waals surface area (Å²) in [6, 6.07) is 0. The Morgan fingerprint density at radius 3 is 2.18 bits per heavy atom. The molecule has 3 nitrogen and oxygen atoms in total. The molecule has 0 aromatic heterocycles. The van der Waals surface area contributed by atoms with Gasteiger partial charge in [-0.1, -0.05) is 33.6 Å². The molecule has 1 aliphatic rings. The summed E-state index contributed by atoms with van der Waals surface area (Å²) < 4.78 is 0. The normalized spacial score (nSPS) is 18.5. The minimum Gasteiger partial charge on any atom is -0.341 e. The number of rotatable bonds is 5. The summed E-state index contributed by atoms with van der Waals surface area (Å²) in [5.41, 5.74) is 5.55. The lowest BCUT2D eigenvalue weighted by atomic mass is 9.88. The van der Waals surface area contributed by atoms with E-state index in [1.54, 1.807) is 0 Å². The van der Waals surface area contributed by atoms with Crippen molar-refractivity contribution in [2.75, 3.05) is 13.1 Å². The summed E-state index contributed by atoms with van der Waals surface area (Å²) in [5.74, 6) is 0.983. The highest BCUT2D eigenvalue weighted by Crippen LogP contribution is 2.24. The van der Waals surface area contributed by atoms with Crippen molar-refractivity contribution in [3.8, 4) is 0 Å². The molecule has 1 aliphatic heterocycles. The van der Waals surface area contributed by atoms with Gasteiger partial charge in [0, 0.05) is 13.1 Å². The van der Waals surface area contributed by atoms with E-state index in [0.29, 0.717) is 0 Å². The summed E-state index contributed by atoms with van der Waals surface area (Å²) in [4.78, 5) is 14.3. The Morgan fingerprint density at radius 2 is 1.76 bits per heavy atom. The van der Waals surface area contributed by atoms with Crippen LogP contribution in [0.1, 0.15) is 59.3 Å². The molecule has 1 saturated heterocycles. The zero-order valence-electron chi connectivity index (χ0n) is 11.7. The summed E-state index contributed by atoms with van der Waals surface area (Å²) in [7, 11) is 0. The number of amides is 1. The number of likely N-dealkylation sites (tertiary alicyclic amines) is 1. The third kappa shape index (κ3) is 3.44. The molecule has 0 aromatic rings. The van der Waals surface area contributed by atoms with Crippen molar-refractivity contribution in [1.29, 1.82) is 0 Å². The fraction of sp³-hybridized carbons (Fsp3) is 0.929. The van der Waals surface area contributed by atoms with Gasteiger partial charge in [-0.2, -0.15) is 0 Å². The highest BCUT2D eigenvalue weighted by Gasteiger charge is 2.35. The fourth-order valence-corrected chi connectivity index (χ4v) is 2.70. The molecule has 0 atom stereocenters. The molecule has 2 N–H and O–H groups in total. The highest BCUT2D eigenvalue weighted by atomic mass is 16.2. The van der Waals surface area contributed by atoms with Crippen molar-refractivity contribution in [2.45, 2.75) is 64.8 Å². The maximum absolute atomic E-state index is 12.3. The van der Waals surface area contributed by atoms with Gasteiger partial charge in [-0.15, -0.1) is 0 Å². The molecule has 17 heavy (non-hydrogen) atoms. The van der Waals surface area contributed by atoms with Crippen molar-refractivity contribution in [3.63, 3.8) is 0 Å². The van der Waals surface area contributed by atoms with Crippen LogP contribution in [0.4, 0.5) is 0 Å². The van der Waals surface area contributed by atoms with Gasteiger partial charge in [-0.3, -0.25) is 4.79 Å². The lowest BCUT2D eigenvalue weighted by Gasteiger charge is -2.37. The second kappa shape index (κ2) is 6.39. The third-order valence-corrected chi connectivity index (χ3v) is 4.29. The van der Waals surface area contributed by atoms with Crippen molar-refractivity contribution >= 4 is 5.91 Å². The first kappa shape index (κ1) is 14.5. The van der Waals surface area contributed by atoms with Gasteiger partial charge >= 0.3 is 0 Å². The van der Waals surface area contributed by atoms with Gasteiger partial charge in [0.15, 0.2) is 0 Å². The minimum atomic E-state index is -0.627. The van der Waals surface area contributed by atoms with Gasteiger partial charge in [-0.25, -0.2) is 0 Å². The van der Waals surface area contributed by atoms with Crippen molar-refractivity contribution in [1.82, 2.24) is 4.90 Å². The van der Waals surface area contributed by atoms with Gasteiger partial charge in [0.2, 0.25) is 5.91 Å². The van der Waals surface area contributed by atoms with Crippen LogP contribution >= 0.6 is 0 Å². The molecular formula is C14H28N2O. The SMILES string of the molecule is CCCC1CCN(C(=O)C(N)(CC)CC)CC1. The van der Waals surface area contributed by atoms with Crippen LogP contribution < -0.4 is 5.73 Å². The monoisotopic (exact) mass is 240 g/mol. The molecular weight excluding hydrogens is 212 g/mol. The Labute approximate surface area is 106 Å². The van der Waals surface area contributed by atoms with Gasteiger partial charge < -0.3 is 10.6 Å². The quantitative estimate of drug-likeness (QED) is 0.802. The van der Waals surface area contributed by atoms with Crippen LogP contribution in [0, 0.1) is 5.92 Å². The fourth-order valence-electron chi connectivity index (χ4n) is 2.70. The average Bonchev–Trinajstić information content (AvgIpc) is 2.38. The second-order valence-electron chi connectivity index (χ2n) is 5.39. The molecule has 1 rings (SSSR count). The lowest BCUT2D eigenvalue weighted by Crippen LogP contribution is -2.56. The van der Waals surface area contributed by atoms with E-state index in [9.17, 15) is 4.79 Å². The van der Waals surface area contributed by atoms with E-state index < -0.39 is 5.54 Å². The molecule has 1 fully saturated rings. The number of carbonyl (C=O) groups is 1. The summed E-state index contributed by atoms with van der Waals surface area (Å²) in [6.45, 7) is 8.05. The van der Waals surface area contributed by atoms with Crippen LogP contribution in [0.2, 0.25) is 0 Å². The minimum absolute atomic E-state index is 0.164. The van der Waals surface area contributed by atoms with Crippen LogP contribution in [0.15, 0.2) is 0 Å². The highest BCUT2D eigenvalue weighted by molar-refractivity contribution is 5.86. The van der Waals surface area contributed by atoms with E-state index in [1.165, 1.54) is 12.8 Å². The maximum atomic E-state index is 12.3. The number of nitrogens with zero attached hydrogens (tertiary/aromatic N) is 1. The Bertz CT molecular complexity index is 241. The molecule has 100 valence electrons. The van der Waals surface area contributed by atoms with Gasteiger partial charge in [-0.05, 0) is 31.6 Å². The zero-order chi connectivity index (χ0) is 12.9. The Balaban J connectivity index is 2.51. The molecule has 0 saturated carbocycles. The van der Waals surface area contributed by atoms with Gasteiger partial charge in [0.1, 0.15) is 0 Å². The summed E-state index contributed by atoms with van der Waals surface area (Å²) in [6.07, 6.45) is 6.33. The number of piperidine rings is 1. The molecule has 0 spiro atoms. The molecule has 0 bridgehead atoms. The van der Waals surface area contributed by atoms with Gasteiger partial charge in [0.25, 0.3) is 0 Å². The molecule has 1 heterocycles. The predicted molar refractivity (Wildman–Crippen MR) is 71.7 cm³/mol. The van der Waals surface area contributed by atoms with E-state index in [1.807, 2.05) is 18.7 Å². The zero-order valence-corrected chi connectivity index (χ0v) is 11.7. The van der Waals surface area contributed by atoms with Crippen LogP contribution in [-0.2, 0) is 4.79 Å². The van der Waals surface area contributed by atoms with E-state index in [0.717, 1.165) is 44.7 Å². The number of carbonyl (C=O) groups excluding carboxylic acids is 1. The summed E-state index contributed by atoms with van der Waals surface area (Å²) >= 11 is 0. The summed E-state index contributed by atoms with van der Waals surface area (Å²) in [5, 5.41) is 0. The van der Waals surface area contributed by atoms with E-state index in [-0.39, 0.29) is 5.91 Å². The Morgan fingerprint density at radius 1 is 1.24 bits per heavy atom. The van der Waals surface area contributed by atoms with Crippen LogP contribution in [-0.4, -0.2) is 29.4 Å². The van der Waals surface area contributed by atoms with E-state index in [4.69, 9.17) is 5.73 Å². The van der Waals surface area contributed by atoms with Crippen molar-refractivity contribution < 1.29 is 4.79 Å². The van der Waals surface area contributed by atoms with E-state index in [2.05, 4.69) is 6.92 Å². The Kier molecular flexibility index (Phi) is 5.44. The standard InChI is InChI=1S/C14H28N2O/c1-4-7-12-8-10-16(11-9-12)13(17)14(15,5-2)6-3/h12H,4-11,15H2,1-3H3. The lowest BCUT2D eigenvalue weighted by molar-refractivity contribution is -0.138. The molecule has 0 aliphatic carbocycles. The molecule has 3 heteroatoms. The third-order valence-electron chi connectivity index (χ3n) is 4.29. The van der Waals surface area contributed by atoms with Crippen molar-refractivity contribution in [3.05, 3.63) is 0 Å². The molecule has 1 amide bonds. The average molecular weight is 240 g/mol. The molecule has 0 radical (unpaired) electrons. The maximum Gasteiger partial charge on any atom is 0.242 e. The second-order valence-corrected chi connectivity index (χ2v) is 5.39. The first-order valence-corrected chi connectivity index (χ1v) is 7.15. The van der Waals surface area contributed by atoms with Gasteiger partial charge in [0.05, 0.1) is 5.54 Å². The van der Waals surface area contributed by atoms with Crippen LogP contribution in [0.25, 0.3) is 0 Å². The largest absolute Gasteiger partial charge is 0.341 e. The number of hydrogen-bond acceptors (Lipinski definition) is 2.